The molecule has 0 heterocycles. The maximum atomic E-state index is 9.88. The molecule has 3 heteroatoms. The fourth-order valence-corrected chi connectivity index (χ4v) is 2.63. The largest absolute Gasteiger partial charge is 0.389 e. The van der Waals surface area contributed by atoms with Crippen molar-refractivity contribution in [2.75, 3.05) is 26.8 Å². The molecule has 1 N–H and O–H groups in total. The van der Waals surface area contributed by atoms with Gasteiger partial charge < -0.3 is 9.84 Å². The monoisotopic (exact) mass is 243 g/mol. The van der Waals surface area contributed by atoms with Crippen LogP contribution in [0.15, 0.2) is 0 Å². The van der Waals surface area contributed by atoms with E-state index in [4.69, 9.17) is 4.74 Å². The van der Waals surface area contributed by atoms with Crippen LogP contribution in [0, 0.1) is 5.92 Å². The van der Waals surface area contributed by atoms with E-state index in [0.29, 0.717) is 12.6 Å². The maximum absolute atomic E-state index is 9.88. The van der Waals surface area contributed by atoms with Crippen LogP contribution in [0.4, 0.5) is 0 Å². The van der Waals surface area contributed by atoms with Crippen LogP contribution in [0.1, 0.15) is 46.0 Å². The number of aliphatic hydroxyl groups excluding tert-OH is 1. The van der Waals surface area contributed by atoms with E-state index in [2.05, 4.69) is 18.7 Å². The number of hydrogen-bond acceptors (Lipinski definition) is 3. The number of nitrogens with zero attached hydrogens (tertiary/aromatic N) is 1. The minimum Gasteiger partial charge on any atom is -0.389 e. The predicted molar refractivity (Wildman–Crippen MR) is 71.2 cm³/mol. The quantitative estimate of drug-likeness (QED) is 0.710. The molecule has 0 radical (unpaired) electrons. The third-order valence-electron chi connectivity index (χ3n) is 3.64. The van der Waals surface area contributed by atoms with Crippen LogP contribution in [0.3, 0.4) is 0 Å². The third kappa shape index (κ3) is 5.84. The first-order valence-electron chi connectivity index (χ1n) is 7.04. The number of rotatable bonds is 8. The average Bonchev–Trinajstić information content (AvgIpc) is 2.77. The standard InChI is InChI=1S/C14H29NO2/c1-12(2)8-9-15(10-14(16)11-17-3)13-6-4-5-7-13/h12-14,16H,4-11H2,1-3H3. The van der Waals surface area contributed by atoms with Crippen molar-refractivity contribution < 1.29 is 9.84 Å². The van der Waals surface area contributed by atoms with Gasteiger partial charge in [0.25, 0.3) is 0 Å². The lowest BCUT2D eigenvalue weighted by atomic mass is 10.1. The summed E-state index contributed by atoms with van der Waals surface area (Å²) in [5.74, 6) is 0.735. The Morgan fingerprint density at radius 1 is 1.29 bits per heavy atom. The molecular formula is C14H29NO2. The van der Waals surface area contributed by atoms with Crippen molar-refractivity contribution in [2.45, 2.75) is 58.1 Å². The normalized spacial score (nSPS) is 19.4. The summed E-state index contributed by atoms with van der Waals surface area (Å²) in [7, 11) is 1.65. The van der Waals surface area contributed by atoms with Crippen molar-refractivity contribution in [3.63, 3.8) is 0 Å². The molecule has 0 aromatic heterocycles. The summed E-state index contributed by atoms with van der Waals surface area (Å²) >= 11 is 0. The highest BCUT2D eigenvalue weighted by Crippen LogP contribution is 2.24. The molecule has 1 unspecified atom stereocenters. The summed E-state index contributed by atoms with van der Waals surface area (Å²) in [6.07, 6.45) is 6.19. The molecular weight excluding hydrogens is 214 g/mol. The highest BCUT2D eigenvalue weighted by molar-refractivity contribution is 4.79. The van der Waals surface area contributed by atoms with Crippen molar-refractivity contribution in [1.82, 2.24) is 4.90 Å². The van der Waals surface area contributed by atoms with Crippen LogP contribution < -0.4 is 0 Å². The first-order valence-corrected chi connectivity index (χ1v) is 7.04. The van der Waals surface area contributed by atoms with E-state index in [1.807, 2.05) is 0 Å². The summed E-state index contributed by atoms with van der Waals surface area (Å²) < 4.78 is 5.02. The van der Waals surface area contributed by atoms with Gasteiger partial charge in [-0.2, -0.15) is 0 Å². The molecule has 0 aromatic rings. The molecule has 102 valence electrons. The summed E-state index contributed by atoms with van der Waals surface area (Å²) in [4.78, 5) is 2.48. The Morgan fingerprint density at radius 2 is 1.94 bits per heavy atom. The number of hydrogen-bond donors (Lipinski definition) is 1. The molecule has 0 aromatic carbocycles. The number of ether oxygens (including phenoxy) is 1. The Hall–Kier alpha value is -0.120. The van der Waals surface area contributed by atoms with Crippen LogP contribution >= 0.6 is 0 Å². The van der Waals surface area contributed by atoms with E-state index < -0.39 is 0 Å². The number of aliphatic hydroxyl groups is 1. The second-order valence-corrected chi connectivity index (χ2v) is 5.72. The van der Waals surface area contributed by atoms with Gasteiger partial charge in [0.1, 0.15) is 0 Å². The molecule has 1 saturated carbocycles. The lowest BCUT2D eigenvalue weighted by Gasteiger charge is -2.31. The zero-order chi connectivity index (χ0) is 12.7. The van der Waals surface area contributed by atoms with Crippen LogP contribution in [-0.2, 0) is 4.74 Å². The minimum atomic E-state index is -0.340. The van der Waals surface area contributed by atoms with E-state index in [-0.39, 0.29) is 6.10 Å². The lowest BCUT2D eigenvalue weighted by molar-refractivity contribution is 0.0257. The Morgan fingerprint density at radius 3 is 2.47 bits per heavy atom. The highest BCUT2D eigenvalue weighted by atomic mass is 16.5. The molecule has 0 spiro atoms. The summed E-state index contributed by atoms with van der Waals surface area (Å²) in [5.41, 5.74) is 0. The Bertz CT molecular complexity index is 191. The van der Waals surface area contributed by atoms with Gasteiger partial charge in [0, 0.05) is 19.7 Å². The van der Waals surface area contributed by atoms with Gasteiger partial charge in [-0.25, -0.2) is 0 Å². The van der Waals surface area contributed by atoms with Gasteiger partial charge in [0.2, 0.25) is 0 Å². The lowest BCUT2D eigenvalue weighted by Crippen LogP contribution is -2.41. The minimum absolute atomic E-state index is 0.340. The molecule has 1 aliphatic carbocycles. The van der Waals surface area contributed by atoms with E-state index in [0.717, 1.165) is 19.0 Å². The van der Waals surface area contributed by atoms with E-state index in [1.54, 1.807) is 7.11 Å². The van der Waals surface area contributed by atoms with Crippen LogP contribution in [0.5, 0.6) is 0 Å². The smallest absolute Gasteiger partial charge is 0.0900 e. The van der Waals surface area contributed by atoms with Gasteiger partial charge in [-0.15, -0.1) is 0 Å². The molecule has 1 atom stereocenters. The molecule has 3 nitrogen and oxygen atoms in total. The first-order chi connectivity index (χ1) is 8.13. The molecule has 1 rings (SSSR count). The van der Waals surface area contributed by atoms with E-state index >= 15 is 0 Å². The van der Waals surface area contributed by atoms with E-state index in [9.17, 15) is 5.11 Å². The van der Waals surface area contributed by atoms with Crippen molar-refractivity contribution >= 4 is 0 Å². The fraction of sp³-hybridized carbons (Fsp3) is 1.00. The molecule has 0 aliphatic heterocycles. The van der Waals surface area contributed by atoms with Crippen LogP contribution in [0.25, 0.3) is 0 Å². The SMILES string of the molecule is COCC(O)CN(CCC(C)C)C1CCCC1. The van der Waals surface area contributed by atoms with Gasteiger partial charge in [-0.3, -0.25) is 4.90 Å². The van der Waals surface area contributed by atoms with Crippen LogP contribution in [0.2, 0.25) is 0 Å². The molecule has 1 fully saturated rings. The van der Waals surface area contributed by atoms with Gasteiger partial charge >= 0.3 is 0 Å². The van der Waals surface area contributed by atoms with Crippen molar-refractivity contribution in [2.24, 2.45) is 5.92 Å². The van der Waals surface area contributed by atoms with E-state index in [1.165, 1.54) is 32.1 Å². The molecule has 0 bridgehead atoms. The fourth-order valence-electron chi connectivity index (χ4n) is 2.63. The van der Waals surface area contributed by atoms with Gasteiger partial charge in [-0.05, 0) is 31.7 Å². The van der Waals surface area contributed by atoms with Crippen molar-refractivity contribution in [1.29, 1.82) is 0 Å². The van der Waals surface area contributed by atoms with Gasteiger partial charge in [0.05, 0.1) is 12.7 Å². The topological polar surface area (TPSA) is 32.7 Å². The second-order valence-electron chi connectivity index (χ2n) is 5.72. The summed E-state index contributed by atoms with van der Waals surface area (Å²) in [5, 5.41) is 9.88. The second kappa shape index (κ2) is 8.06. The zero-order valence-corrected chi connectivity index (χ0v) is 11.7. The maximum Gasteiger partial charge on any atom is 0.0900 e. The summed E-state index contributed by atoms with van der Waals surface area (Å²) in [6, 6.07) is 0.695. The summed E-state index contributed by atoms with van der Waals surface area (Å²) in [6.45, 7) is 6.86. The average molecular weight is 243 g/mol. The molecule has 0 amide bonds. The Kier molecular flexibility index (Phi) is 7.09. The molecule has 1 aliphatic rings. The Balaban J connectivity index is 2.39. The molecule has 17 heavy (non-hydrogen) atoms. The van der Waals surface area contributed by atoms with Gasteiger partial charge in [0.15, 0.2) is 0 Å². The molecule has 0 saturated heterocycles. The van der Waals surface area contributed by atoms with Gasteiger partial charge in [-0.1, -0.05) is 26.7 Å². The highest BCUT2D eigenvalue weighted by Gasteiger charge is 2.24. The first kappa shape index (κ1) is 14.9. The van der Waals surface area contributed by atoms with Crippen LogP contribution in [-0.4, -0.2) is 49.0 Å². The third-order valence-corrected chi connectivity index (χ3v) is 3.64. The Labute approximate surface area is 106 Å². The number of methoxy groups -OCH3 is 1. The predicted octanol–water partition coefficient (Wildman–Crippen LogP) is 2.28. The zero-order valence-electron chi connectivity index (χ0n) is 11.7. The van der Waals surface area contributed by atoms with Crippen molar-refractivity contribution in [3.8, 4) is 0 Å². The van der Waals surface area contributed by atoms with Crippen molar-refractivity contribution in [3.05, 3.63) is 0 Å².